The summed E-state index contributed by atoms with van der Waals surface area (Å²) >= 11 is 0. The van der Waals surface area contributed by atoms with Crippen molar-refractivity contribution in [3.05, 3.63) is 53.7 Å². The van der Waals surface area contributed by atoms with Crippen LogP contribution < -0.4 is 10.8 Å². The third-order valence-corrected chi connectivity index (χ3v) is 2.64. The molecule has 0 atom stereocenters. The molecule has 1 aromatic heterocycles. The van der Waals surface area contributed by atoms with E-state index >= 15 is 0 Å². The van der Waals surface area contributed by atoms with Gasteiger partial charge in [0.15, 0.2) is 0 Å². The molecule has 0 bridgehead atoms. The molecule has 0 saturated heterocycles. The summed E-state index contributed by atoms with van der Waals surface area (Å²) in [6.07, 6.45) is 1.60. The number of carbonyl (C=O) groups is 1. The average Bonchev–Trinajstić information content (AvgIpc) is 2.46. The quantitative estimate of drug-likeness (QED) is 0.657. The number of hydrogen-bond donors (Lipinski definition) is 1. The monoisotopic (exact) mass is 252 g/mol. The molecule has 1 aromatic carbocycles. The first kappa shape index (κ1) is 13.1. The van der Waals surface area contributed by atoms with Crippen LogP contribution in [0.2, 0.25) is 0 Å². The zero-order valence-corrected chi connectivity index (χ0v) is 10.6. The molecule has 0 aliphatic heterocycles. The molecule has 0 saturated carbocycles. The van der Waals surface area contributed by atoms with Crippen molar-refractivity contribution in [3.8, 4) is 0 Å². The summed E-state index contributed by atoms with van der Waals surface area (Å²) in [6, 6.07) is 10.8. The molecule has 0 aliphatic rings. The van der Waals surface area contributed by atoms with Crippen molar-refractivity contribution in [3.63, 3.8) is 0 Å². The third-order valence-electron chi connectivity index (χ3n) is 2.64. The van der Waals surface area contributed by atoms with Gasteiger partial charge in [0.2, 0.25) is 0 Å². The lowest BCUT2D eigenvalue weighted by Crippen LogP contribution is -2.07. The van der Waals surface area contributed by atoms with E-state index in [1.807, 2.05) is 18.2 Å². The van der Waals surface area contributed by atoms with E-state index in [1.165, 1.54) is 7.11 Å². The van der Waals surface area contributed by atoms with Gasteiger partial charge in [0.05, 0.1) is 12.7 Å². The Kier molecular flexibility index (Phi) is 4.18. The molecular weight excluding hydrogens is 239 g/mol. The van der Waals surface area contributed by atoms with Crippen LogP contribution in [0.1, 0.15) is 15.9 Å². The van der Waals surface area contributed by atoms with Crippen LogP contribution in [0.15, 0.2) is 42.6 Å². The second-order valence-corrected chi connectivity index (χ2v) is 4.02. The molecule has 0 aliphatic carbocycles. The topological polar surface area (TPSA) is 51.2 Å². The van der Waals surface area contributed by atoms with Crippen LogP contribution >= 0.6 is 0 Å². The maximum atomic E-state index is 11.3. The van der Waals surface area contributed by atoms with Gasteiger partial charge in [-0.15, -0.1) is 0 Å². The van der Waals surface area contributed by atoms with Crippen LogP contribution in [0.3, 0.4) is 0 Å². The Morgan fingerprint density at radius 2 is 2.00 bits per heavy atom. The van der Waals surface area contributed by atoms with Gasteiger partial charge >= 0.3 is 5.97 Å². The Hall–Kier alpha value is -2.30. The van der Waals surface area contributed by atoms with Crippen molar-refractivity contribution in [1.82, 2.24) is 4.98 Å². The highest BCUT2D eigenvalue weighted by Gasteiger charge is 2.04. The minimum absolute atomic E-state index is 0.334. The molecular formula is C14H13BN2O2. The molecule has 2 aromatic rings. The summed E-state index contributed by atoms with van der Waals surface area (Å²) in [7, 11) is 6.92. The number of methoxy groups -OCH3 is 1. The van der Waals surface area contributed by atoms with Gasteiger partial charge in [0.25, 0.3) is 0 Å². The van der Waals surface area contributed by atoms with Crippen molar-refractivity contribution in [2.75, 3.05) is 12.4 Å². The first-order valence-electron chi connectivity index (χ1n) is 5.81. The van der Waals surface area contributed by atoms with Crippen molar-refractivity contribution >= 4 is 25.1 Å². The molecule has 2 rings (SSSR count). The van der Waals surface area contributed by atoms with Crippen molar-refractivity contribution in [2.24, 2.45) is 0 Å². The molecule has 5 heteroatoms. The highest BCUT2D eigenvalue weighted by Crippen LogP contribution is 2.08. The van der Waals surface area contributed by atoms with Crippen LogP contribution in [0, 0.1) is 0 Å². The summed E-state index contributed by atoms with van der Waals surface area (Å²) in [6.45, 7) is 0.623. The van der Waals surface area contributed by atoms with E-state index in [9.17, 15) is 4.79 Å². The first-order valence-corrected chi connectivity index (χ1v) is 5.81. The second-order valence-electron chi connectivity index (χ2n) is 4.02. The number of carbonyl (C=O) groups excluding carboxylic acids is 1. The molecule has 4 nitrogen and oxygen atoms in total. The van der Waals surface area contributed by atoms with Gasteiger partial charge in [0.1, 0.15) is 13.7 Å². The number of anilines is 1. The van der Waals surface area contributed by atoms with Crippen LogP contribution in [-0.4, -0.2) is 25.9 Å². The number of rotatable bonds is 4. The van der Waals surface area contributed by atoms with Crippen molar-refractivity contribution in [1.29, 1.82) is 0 Å². The van der Waals surface area contributed by atoms with Gasteiger partial charge in [0, 0.05) is 12.7 Å². The number of pyridine rings is 1. The van der Waals surface area contributed by atoms with Gasteiger partial charge in [-0.2, -0.15) is 0 Å². The maximum absolute atomic E-state index is 11.3. The normalized spacial score (nSPS) is 9.95. The summed E-state index contributed by atoms with van der Waals surface area (Å²) in [4.78, 5) is 15.4. The summed E-state index contributed by atoms with van der Waals surface area (Å²) in [5.41, 5.74) is 2.22. The van der Waals surface area contributed by atoms with E-state index in [4.69, 9.17) is 7.85 Å². The third kappa shape index (κ3) is 3.58. The smallest absolute Gasteiger partial charge is 0.337 e. The molecule has 0 fully saturated rings. The van der Waals surface area contributed by atoms with Crippen LogP contribution in [0.25, 0.3) is 0 Å². The lowest BCUT2D eigenvalue weighted by molar-refractivity contribution is 0.0600. The second kappa shape index (κ2) is 6.04. The highest BCUT2D eigenvalue weighted by molar-refractivity contribution is 6.32. The fraction of sp³-hybridized carbons (Fsp3) is 0.143. The maximum Gasteiger partial charge on any atom is 0.337 e. The molecule has 1 heterocycles. The van der Waals surface area contributed by atoms with Crippen LogP contribution in [0.5, 0.6) is 0 Å². The minimum Gasteiger partial charge on any atom is -0.465 e. The molecule has 2 radical (unpaired) electrons. The zero-order valence-electron chi connectivity index (χ0n) is 10.6. The fourth-order valence-corrected chi connectivity index (χ4v) is 1.58. The van der Waals surface area contributed by atoms with Gasteiger partial charge < -0.3 is 10.1 Å². The average molecular weight is 252 g/mol. The molecule has 19 heavy (non-hydrogen) atoms. The van der Waals surface area contributed by atoms with E-state index < -0.39 is 0 Å². The Balaban J connectivity index is 1.96. The predicted octanol–water partition coefficient (Wildman–Crippen LogP) is 1.27. The molecule has 0 unspecified atom stereocenters. The highest BCUT2D eigenvalue weighted by atomic mass is 16.5. The van der Waals surface area contributed by atoms with Crippen LogP contribution in [0.4, 0.5) is 5.82 Å². The van der Waals surface area contributed by atoms with E-state index in [0.717, 1.165) is 11.4 Å². The number of benzene rings is 1. The number of esters is 1. The standard InChI is InChI=1S/C14H13BN2O2/c1-19-14(18)11-4-2-10(3-5-11)8-16-13-7-6-12(15)9-17-13/h2-7,9H,8H2,1H3,(H,16,17). The van der Waals surface area contributed by atoms with Crippen molar-refractivity contribution < 1.29 is 9.53 Å². The number of nitrogens with one attached hydrogen (secondary N) is 1. The Morgan fingerprint density at radius 1 is 1.26 bits per heavy atom. The molecule has 1 N–H and O–H groups in total. The van der Waals surface area contributed by atoms with Crippen LogP contribution in [-0.2, 0) is 11.3 Å². The summed E-state index contributed by atoms with van der Waals surface area (Å²) in [5, 5.41) is 3.17. The van der Waals surface area contributed by atoms with Crippen molar-refractivity contribution in [2.45, 2.75) is 6.54 Å². The van der Waals surface area contributed by atoms with E-state index in [2.05, 4.69) is 15.0 Å². The van der Waals surface area contributed by atoms with Gasteiger partial charge in [-0.3, -0.25) is 0 Å². The Bertz CT molecular complexity index is 553. The fourth-order valence-electron chi connectivity index (χ4n) is 1.58. The number of nitrogens with zero attached hydrogens (tertiary/aromatic N) is 1. The number of aromatic nitrogens is 1. The largest absolute Gasteiger partial charge is 0.465 e. The Morgan fingerprint density at radius 3 is 2.58 bits per heavy atom. The zero-order chi connectivity index (χ0) is 13.7. The number of ether oxygens (including phenoxy) is 1. The summed E-state index contributed by atoms with van der Waals surface area (Å²) < 4.78 is 4.64. The summed E-state index contributed by atoms with van der Waals surface area (Å²) in [5.74, 6) is 0.422. The van der Waals surface area contributed by atoms with E-state index in [-0.39, 0.29) is 5.97 Å². The van der Waals surface area contributed by atoms with Gasteiger partial charge in [-0.1, -0.05) is 23.7 Å². The first-order chi connectivity index (χ1) is 9.19. The SMILES string of the molecule is [B]c1ccc(NCc2ccc(C(=O)OC)cc2)nc1. The predicted molar refractivity (Wildman–Crippen MR) is 74.7 cm³/mol. The van der Waals surface area contributed by atoms with Gasteiger partial charge in [-0.05, 0) is 23.8 Å². The molecule has 0 spiro atoms. The van der Waals surface area contributed by atoms with E-state index in [0.29, 0.717) is 17.6 Å². The lowest BCUT2D eigenvalue weighted by Gasteiger charge is -2.06. The molecule has 0 amide bonds. The Labute approximate surface area is 113 Å². The lowest BCUT2D eigenvalue weighted by atomic mass is 9.99. The van der Waals surface area contributed by atoms with Gasteiger partial charge in [-0.25, -0.2) is 9.78 Å². The van der Waals surface area contributed by atoms with E-state index in [1.54, 1.807) is 24.4 Å². The number of hydrogen-bond acceptors (Lipinski definition) is 4. The minimum atomic E-state index is -0.334. The molecule has 94 valence electrons.